The van der Waals surface area contributed by atoms with E-state index in [1.54, 1.807) is 0 Å². The minimum absolute atomic E-state index is 0.637. The smallest absolute Gasteiger partial charge is 0.120 e. The summed E-state index contributed by atoms with van der Waals surface area (Å²) in [5.41, 5.74) is 7.98. The first-order valence-electron chi connectivity index (χ1n) is 7.15. The molecule has 0 saturated heterocycles. The molecule has 0 aliphatic heterocycles. The van der Waals surface area contributed by atoms with Gasteiger partial charge in [-0.15, -0.1) is 0 Å². The van der Waals surface area contributed by atoms with Gasteiger partial charge in [-0.2, -0.15) is 5.26 Å². The van der Waals surface area contributed by atoms with Gasteiger partial charge >= 0.3 is 0 Å². The lowest BCUT2D eigenvalue weighted by Gasteiger charge is -2.06. The molecule has 1 aromatic heterocycles. The molecule has 1 heterocycles. The summed E-state index contributed by atoms with van der Waals surface area (Å²) in [6.45, 7) is 1.35. The lowest BCUT2D eigenvalue weighted by atomic mass is 10.1. The first-order chi connectivity index (χ1) is 9.85. The Labute approximate surface area is 119 Å². The van der Waals surface area contributed by atoms with Gasteiger partial charge in [0.15, 0.2) is 0 Å². The largest absolute Gasteiger partial charge is 0.494 e. The van der Waals surface area contributed by atoms with Gasteiger partial charge in [0.2, 0.25) is 0 Å². The number of ether oxygens (including phenoxy) is 1. The van der Waals surface area contributed by atoms with E-state index < -0.39 is 0 Å². The van der Waals surface area contributed by atoms with Crippen LogP contribution in [0.15, 0.2) is 24.4 Å². The van der Waals surface area contributed by atoms with Crippen LogP contribution in [0.3, 0.4) is 0 Å². The molecule has 0 bridgehead atoms. The predicted octanol–water partition coefficient (Wildman–Crippen LogP) is 3.13. The van der Waals surface area contributed by atoms with E-state index in [4.69, 9.17) is 15.7 Å². The summed E-state index contributed by atoms with van der Waals surface area (Å²) in [5, 5.41) is 9.65. The van der Waals surface area contributed by atoms with Gasteiger partial charge in [0.05, 0.1) is 12.7 Å². The van der Waals surface area contributed by atoms with Crippen LogP contribution in [-0.4, -0.2) is 18.1 Å². The van der Waals surface area contributed by atoms with E-state index in [0.717, 1.165) is 36.9 Å². The first kappa shape index (κ1) is 14.4. The summed E-state index contributed by atoms with van der Waals surface area (Å²) in [6, 6.07) is 8.26. The molecule has 0 spiro atoms. The number of nitrogens with zero attached hydrogens (tertiary/aromatic N) is 1. The predicted molar refractivity (Wildman–Crippen MR) is 80.6 cm³/mol. The minimum Gasteiger partial charge on any atom is -0.494 e. The summed E-state index contributed by atoms with van der Waals surface area (Å²) >= 11 is 0. The van der Waals surface area contributed by atoms with E-state index in [0.29, 0.717) is 19.6 Å². The van der Waals surface area contributed by atoms with Gasteiger partial charge in [-0.1, -0.05) is 0 Å². The SMILES string of the molecule is N#CCCCCCOc1ccc2[nH]cc(CCN)c2c1. The molecule has 0 aliphatic rings. The molecular weight excluding hydrogens is 250 g/mol. The van der Waals surface area contributed by atoms with E-state index in [2.05, 4.69) is 17.1 Å². The second-order valence-electron chi connectivity index (χ2n) is 4.88. The Morgan fingerprint density at radius 3 is 2.95 bits per heavy atom. The normalized spacial score (nSPS) is 10.6. The summed E-state index contributed by atoms with van der Waals surface area (Å²) in [6.07, 6.45) is 6.51. The number of unbranched alkanes of at least 4 members (excludes halogenated alkanes) is 3. The second-order valence-corrected chi connectivity index (χ2v) is 4.88. The van der Waals surface area contributed by atoms with Gasteiger partial charge in [0, 0.05) is 23.5 Å². The van der Waals surface area contributed by atoms with E-state index in [-0.39, 0.29) is 0 Å². The summed E-state index contributed by atoms with van der Waals surface area (Å²) < 4.78 is 5.77. The fraction of sp³-hybridized carbons (Fsp3) is 0.438. The van der Waals surface area contributed by atoms with Crippen molar-refractivity contribution < 1.29 is 4.74 Å². The number of nitrogens with one attached hydrogen (secondary N) is 1. The van der Waals surface area contributed by atoms with Gasteiger partial charge in [-0.3, -0.25) is 0 Å². The van der Waals surface area contributed by atoms with Crippen molar-refractivity contribution in [1.29, 1.82) is 5.26 Å². The maximum absolute atomic E-state index is 8.46. The van der Waals surface area contributed by atoms with Crippen LogP contribution < -0.4 is 10.5 Å². The van der Waals surface area contributed by atoms with Crippen molar-refractivity contribution in [1.82, 2.24) is 4.98 Å². The number of hydrogen-bond donors (Lipinski definition) is 2. The number of H-pyrrole nitrogens is 1. The fourth-order valence-corrected chi connectivity index (χ4v) is 2.28. The molecule has 2 rings (SSSR count). The summed E-state index contributed by atoms with van der Waals surface area (Å²) in [4.78, 5) is 3.25. The van der Waals surface area contributed by atoms with Crippen LogP contribution >= 0.6 is 0 Å². The maximum atomic E-state index is 8.46. The zero-order chi connectivity index (χ0) is 14.2. The van der Waals surface area contributed by atoms with Gasteiger partial charge in [-0.25, -0.2) is 0 Å². The van der Waals surface area contributed by atoms with Gasteiger partial charge in [0.25, 0.3) is 0 Å². The lowest BCUT2D eigenvalue weighted by molar-refractivity contribution is 0.306. The highest BCUT2D eigenvalue weighted by atomic mass is 16.5. The maximum Gasteiger partial charge on any atom is 0.120 e. The molecule has 2 aromatic rings. The monoisotopic (exact) mass is 271 g/mol. The molecular formula is C16H21N3O. The van der Waals surface area contributed by atoms with Crippen LogP contribution in [0.25, 0.3) is 10.9 Å². The average Bonchev–Trinajstić information content (AvgIpc) is 2.86. The average molecular weight is 271 g/mol. The molecule has 4 heteroatoms. The van der Waals surface area contributed by atoms with Crippen molar-refractivity contribution in [2.75, 3.05) is 13.2 Å². The molecule has 1 aromatic carbocycles. The number of aromatic nitrogens is 1. The van der Waals surface area contributed by atoms with Crippen molar-refractivity contribution in [3.05, 3.63) is 30.0 Å². The number of aromatic amines is 1. The number of rotatable bonds is 8. The molecule has 0 amide bonds. The molecule has 0 atom stereocenters. The summed E-state index contributed by atoms with van der Waals surface area (Å²) in [5.74, 6) is 0.899. The molecule has 106 valence electrons. The third-order valence-corrected chi connectivity index (χ3v) is 3.35. The zero-order valence-corrected chi connectivity index (χ0v) is 11.7. The number of nitrogens with two attached hydrogens (primary N) is 1. The highest BCUT2D eigenvalue weighted by Crippen LogP contribution is 2.24. The van der Waals surface area contributed by atoms with Crippen LogP contribution in [0.2, 0.25) is 0 Å². The van der Waals surface area contributed by atoms with Gasteiger partial charge in [-0.05, 0) is 56.0 Å². The zero-order valence-electron chi connectivity index (χ0n) is 11.7. The quantitative estimate of drug-likeness (QED) is 0.724. The Kier molecular flexibility index (Phi) is 5.45. The van der Waals surface area contributed by atoms with Crippen LogP contribution in [0, 0.1) is 11.3 Å². The number of fused-ring (bicyclic) bond motifs is 1. The van der Waals surface area contributed by atoms with Crippen molar-refractivity contribution in [2.45, 2.75) is 32.1 Å². The van der Waals surface area contributed by atoms with Crippen LogP contribution in [0.4, 0.5) is 0 Å². The number of nitriles is 1. The lowest BCUT2D eigenvalue weighted by Crippen LogP contribution is -2.02. The Morgan fingerprint density at radius 1 is 1.25 bits per heavy atom. The third kappa shape index (κ3) is 3.75. The van der Waals surface area contributed by atoms with E-state index in [9.17, 15) is 0 Å². The minimum atomic E-state index is 0.637. The Bertz CT molecular complexity index is 583. The molecule has 3 N–H and O–H groups in total. The Balaban J connectivity index is 1.90. The molecule has 0 radical (unpaired) electrons. The molecule has 20 heavy (non-hydrogen) atoms. The molecule has 0 aliphatic carbocycles. The van der Waals surface area contributed by atoms with Crippen molar-refractivity contribution in [3.8, 4) is 11.8 Å². The van der Waals surface area contributed by atoms with Gasteiger partial charge in [0.1, 0.15) is 5.75 Å². The highest BCUT2D eigenvalue weighted by molar-refractivity contribution is 5.84. The summed E-state index contributed by atoms with van der Waals surface area (Å²) in [7, 11) is 0. The van der Waals surface area contributed by atoms with E-state index >= 15 is 0 Å². The number of benzene rings is 1. The van der Waals surface area contributed by atoms with Gasteiger partial charge < -0.3 is 15.5 Å². The molecule has 4 nitrogen and oxygen atoms in total. The van der Waals surface area contributed by atoms with Crippen LogP contribution in [0.1, 0.15) is 31.2 Å². The Hall–Kier alpha value is -1.99. The topological polar surface area (TPSA) is 74.8 Å². The highest BCUT2D eigenvalue weighted by Gasteiger charge is 2.04. The molecule has 0 unspecified atom stereocenters. The fourth-order valence-electron chi connectivity index (χ4n) is 2.28. The van der Waals surface area contributed by atoms with Crippen molar-refractivity contribution >= 4 is 10.9 Å². The Morgan fingerprint density at radius 2 is 2.15 bits per heavy atom. The van der Waals surface area contributed by atoms with Crippen molar-refractivity contribution in [3.63, 3.8) is 0 Å². The van der Waals surface area contributed by atoms with Crippen LogP contribution in [-0.2, 0) is 6.42 Å². The molecule has 0 fully saturated rings. The second kappa shape index (κ2) is 7.56. The number of hydrogen-bond acceptors (Lipinski definition) is 3. The third-order valence-electron chi connectivity index (χ3n) is 3.35. The van der Waals surface area contributed by atoms with E-state index in [1.807, 2.05) is 18.3 Å². The van der Waals surface area contributed by atoms with Crippen molar-refractivity contribution in [2.24, 2.45) is 5.73 Å². The first-order valence-corrected chi connectivity index (χ1v) is 7.15. The van der Waals surface area contributed by atoms with E-state index in [1.165, 1.54) is 10.9 Å². The molecule has 0 saturated carbocycles. The van der Waals surface area contributed by atoms with Crippen LogP contribution in [0.5, 0.6) is 5.75 Å². The standard InChI is InChI=1S/C16H21N3O/c17-8-3-1-2-4-10-20-14-5-6-16-15(11-14)13(7-9-18)12-19-16/h5-6,11-12,19H,1-4,7,9-10,18H2.